The van der Waals surface area contributed by atoms with Crippen molar-refractivity contribution < 1.29 is 14.4 Å². The van der Waals surface area contributed by atoms with Crippen LogP contribution >= 0.6 is 11.6 Å². The number of aliphatic hydroxyl groups excluding tert-OH is 1. The molecule has 0 bridgehead atoms. The molecule has 126 valence electrons. The summed E-state index contributed by atoms with van der Waals surface area (Å²) in [5.41, 5.74) is 5.75. The molecule has 0 aliphatic rings. The summed E-state index contributed by atoms with van der Waals surface area (Å²) in [6, 6.07) is 0.303. The van der Waals surface area contributed by atoms with Gasteiger partial charge in [0.2, 0.25) is 5.91 Å². The molecule has 0 aromatic heterocycles. The van der Waals surface area contributed by atoms with Gasteiger partial charge in [-0.1, -0.05) is 13.0 Å². The summed E-state index contributed by atoms with van der Waals surface area (Å²) >= 11 is 5.40. The van der Waals surface area contributed by atoms with Gasteiger partial charge in [0.25, 0.3) is 0 Å². The molecule has 0 saturated carbocycles. The van der Waals surface area contributed by atoms with Gasteiger partial charge in [0.1, 0.15) is 12.6 Å². The van der Waals surface area contributed by atoms with Crippen LogP contribution in [-0.4, -0.2) is 80.2 Å². The van der Waals surface area contributed by atoms with Crippen LogP contribution in [0.2, 0.25) is 0 Å². The highest BCUT2D eigenvalue weighted by Crippen LogP contribution is 2.04. The fourth-order valence-electron chi connectivity index (χ4n) is 1.68. The quantitative estimate of drug-likeness (QED) is 0.418. The Hall–Kier alpha value is -0.620. The fourth-order valence-corrected chi connectivity index (χ4v) is 1.78. The second-order valence-corrected chi connectivity index (χ2v) is 6.74. The van der Waals surface area contributed by atoms with Gasteiger partial charge in [-0.05, 0) is 27.4 Å². The smallest absolute Gasteiger partial charge is 0.244 e. The SMILES string of the molecule is CCC(C=C(C)C(N)=O)N(C)C.C[N+](C)(C)CC(O)CCl. The molecule has 6 heteroatoms. The molecule has 0 aromatic carbocycles. The summed E-state index contributed by atoms with van der Waals surface area (Å²) in [5.74, 6) is -0.00880. The highest BCUT2D eigenvalue weighted by Gasteiger charge is 2.13. The summed E-state index contributed by atoms with van der Waals surface area (Å²) in [6.45, 7) is 4.54. The van der Waals surface area contributed by atoms with Crippen LogP contribution in [0.1, 0.15) is 20.3 Å². The van der Waals surface area contributed by atoms with Crippen molar-refractivity contribution in [1.29, 1.82) is 0 Å². The number of amides is 1. The number of primary amides is 1. The van der Waals surface area contributed by atoms with Crippen LogP contribution in [0, 0.1) is 0 Å². The average molecular weight is 323 g/mol. The third kappa shape index (κ3) is 14.1. The first kappa shape index (κ1) is 22.7. The highest BCUT2D eigenvalue weighted by atomic mass is 35.5. The van der Waals surface area contributed by atoms with Gasteiger partial charge in [-0.2, -0.15) is 0 Å². The third-order valence-electron chi connectivity index (χ3n) is 2.85. The zero-order chi connectivity index (χ0) is 17.2. The highest BCUT2D eigenvalue weighted by molar-refractivity contribution is 6.18. The van der Waals surface area contributed by atoms with E-state index >= 15 is 0 Å². The molecule has 0 spiro atoms. The average Bonchev–Trinajstić information content (AvgIpc) is 2.33. The maximum absolute atomic E-state index is 10.7. The number of carbonyl (C=O) groups is 1. The monoisotopic (exact) mass is 322 g/mol. The minimum Gasteiger partial charge on any atom is -0.386 e. The van der Waals surface area contributed by atoms with Gasteiger partial charge in [0.15, 0.2) is 0 Å². The van der Waals surface area contributed by atoms with Crippen LogP contribution in [0.25, 0.3) is 0 Å². The molecule has 21 heavy (non-hydrogen) atoms. The predicted molar refractivity (Wildman–Crippen MR) is 90.3 cm³/mol. The first-order valence-corrected chi connectivity index (χ1v) is 7.67. The molecular weight excluding hydrogens is 290 g/mol. The first-order chi connectivity index (χ1) is 9.44. The summed E-state index contributed by atoms with van der Waals surface area (Å²) in [5, 5.41) is 9.05. The Labute approximate surface area is 134 Å². The number of likely N-dealkylation sites (N-methyl/N-ethyl adjacent to an activating group) is 2. The third-order valence-corrected chi connectivity index (χ3v) is 3.21. The molecule has 0 fully saturated rings. The zero-order valence-corrected chi connectivity index (χ0v) is 15.3. The largest absolute Gasteiger partial charge is 0.386 e. The van der Waals surface area contributed by atoms with Gasteiger partial charge in [-0.3, -0.25) is 4.79 Å². The van der Waals surface area contributed by atoms with Crippen LogP contribution in [0.4, 0.5) is 0 Å². The zero-order valence-electron chi connectivity index (χ0n) is 14.6. The van der Waals surface area contributed by atoms with Crippen molar-refractivity contribution in [2.45, 2.75) is 32.4 Å². The molecule has 0 rings (SSSR count). The summed E-state index contributed by atoms with van der Waals surface area (Å²) in [7, 11) is 10.0. The van der Waals surface area contributed by atoms with Crippen molar-refractivity contribution in [2.24, 2.45) is 5.73 Å². The molecule has 0 aromatic rings. The molecule has 2 unspecified atom stereocenters. The minimum atomic E-state index is -0.369. The topological polar surface area (TPSA) is 66.6 Å². The lowest BCUT2D eigenvalue weighted by molar-refractivity contribution is -0.873. The standard InChI is InChI=1S/C9H18N2O.C6H15ClNO/c1-5-8(11(3)4)6-7(2)9(10)12;1-8(2,3)5-6(9)4-7/h6,8H,5H2,1-4H3,(H2,10,12);6,9H,4-5H2,1-3H3/q;+1. The van der Waals surface area contributed by atoms with Gasteiger partial charge in [0, 0.05) is 11.6 Å². The van der Waals surface area contributed by atoms with E-state index in [0.29, 0.717) is 24.0 Å². The van der Waals surface area contributed by atoms with Crippen molar-refractivity contribution in [3.05, 3.63) is 11.6 Å². The van der Waals surface area contributed by atoms with Crippen LogP contribution in [-0.2, 0) is 4.79 Å². The minimum absolute atomic E-state index is 0.303. The van der Waals surface area contributed by atoms with Crippen molar-refractivity contribution >= 4 is 17.5 Å². The Balaban J connectivity index is 0. The Morgan fingerprint density at radius 3 is 2.05 bits per heavy atom. The van der Waals surface area contributed by atoms with Gasteiger partial charge in [0.05, 0.1) is 27.0 Å². The van der Waals surface area contributed by atoms with Crippen LogP contribution in [0.5, 0.6) is 0 Å². The summed E-state index contributed by atoms with van der Waals surface area (Å²) < 4.78 is 0.758. The lowest BCUT2D eigenvalue weighted by Crippen LogP contribution is -2.41. The van der Waals surface area contributed by atoms with E-state index in [4.69, 9.17) is 22.4 Å². The number of nitrogens with zero attached hydrogens (tertiary/aromatic N) is 2. The maximum atomic E-state index is 10.7. The van der Waals surface area contributed by atoms with E-state index in [-0.39, 0.29) is 12.0 Å². The lowest BCUT2D eigenvalue weighted by Gasteiger charge is -2.25. The second kappa shape index (κ2) is 11.0. The number of carbonyl (C=O) groups excluding carboxylic acids is 1. The molecule has 2 atom stereocenters. The van der Waals surface area contributed by atoms with Gasteiger partial charge >= 0.3 is 0 Å². The lowest BCUT2D eigenvalue weighted by atomic mass is 10.1. The van der Waals surface area contributed by atoms with E-state index in [1.54, 1.807) is 6.92 Å². The number of quaternary nitrogens is 1. The Morgan fingerprint density at radius 2 is 1.86 bits per heavy atom. The Bertz CT molecular complexity index is 325. The molecular formula is C15H33ClN3O2+. The maximum Gasteiger partial charge on any atom is 0.244 e. The van der Waals surface area contributed by atoms with Crippen molar-refractivity contribution in [1.82, 2.24) is 4.90 Å². The molecule has 0 aliphatic heterocycles. The number of hydrogen-bond donors (Lipinski definition) is 2. The molecule has 3 N–H and O–H groups in total. The number of aliphatic hydroxyl groups is 1. The first-order valence-electron chi connectivity index (χ1n) is 7.13. The summed E-state index contributed by atoms with van der Waals surface area (Å²) in [6.07, 6.45) is 2.52. The Kier molecular flexibility index (Phi) is 11.9. The van der Waals surface area contributed by atoms with E-state index < -0.39 is 0 Å². The van der Waals surface area contributed by atoms with E-state index in [9.17, 15) is 4.79 Å². The number of nitrogens with two attached hydrogens (primary N) is 1. The molecule has 5 nitrogen and oxygen atoms in total. The number of alkyl halides is 1. The molecule has 0 aliphatic carbocycles. The van der Waals surface area contributed by atoms with Gasteiger partial charge < -0.3 is 20.2 Å². The van der Waals surface area contributed by atoms with E-state index in [0.717, 1.165) is 10.9 Å². The normalized spacial score (nSPS) is 15.2. The van der Waals surface area contributed by atoms with E-state index in [1.165, 1.54) is 0 Å². The Morgan fingerprint density at radius 1 is 1.38 bits per heavy atom. The van der Waals surface area contributed by atoms with Crippen LogP contribution < -0.4 is 5.73 Å². The van der Waals surface area contributed by atoms with Crippen molar-refractivity contribution in [3.8, 4) is 0 Å². The van der Waals surface area contributed by atoms with Crippen LogP contribution in [0.3, 0.4) is 0 Å². The molecule has 0 heterocycles. The second-order valence-electron chi connectivity index (χ2n) is 6.43. The number of rotatable bonds is 7. The molecule has 0 radical (unpaired) electrons. The van der Waals surface area contributed by atoms with Crippen molar-refractivity contribution in [3.63, 3.8) is 0 Å². The molecule has 1 amide bonds. The molecule has 0 saturated heterocycles. The summed E-state index contributed by atoms with van der Waals surface area (Å²) in [4.78, 5) is 12.8. The fraction of sp³-hybridized carbons (Fsp3) is 0.800. The number of halogens is 1. The van der Waals surface area contributed by atoms with E-state index in [1.807, 2.05) is 41.3 Å². The van der Waals surface area contributed by atoms with Crippen LogP contribution in [0.15, 0.2) is 11.6 Å². The van der Waals surface area contributed by atoms with Gasteiger partial charge in [-0.15, -0.1) is 11.6 Å². The van der Waals surface area contributed by atoms with E-state index in [2.05, 4.69) is 11.8 Å². The predicted octanol–water partition coefficient (Wildman–Crippen LogP) is 1.05. The van der Waals surface area contributed by atoms with Crippen molar-refractivity contribution in [2.75, 3.05) is 47.7 Å². The van der Waals surface area contributed by atoms with Gasteiger partial charge in [-0.25, -0.2) is 0 Å². The number of hydrogen-bond acceptors (Lipinski definition) is 3.